The molecule has 1 aliphatic carbocycles. The quantitative estimate of drug-likeness (QED) is 0.922. The molecule has 0 aromatic carbocycles. The van der Waals surface area contributed by atoms with Crippen molar-refractivity contribution in [3.63, 3.8) is 0 Å². The van der Waals surface area contributed by atoms with E-state index in [1.54, 1.807) is 17.4 Å². The van der Waals surface area contributed by atoms with E-state index < -0.39 is 0 Å². The molecule has 0 unspecified atom stereocenters. The van der Waals surface area contributed by atoms with Crippen molar-refractivity contribution >= 4 is 6.03 Å². The normalized spacial score (nSPS) is 25.2. The fraction of sp³-hybridized carbons (Fsp3) is 0.667. The molecular formula is C15H22N3O2. The van der Waals surface area contributed by atoms with Crippen LogP contribution in [0.3, 0.4) is 0 Å². The Hall–Kier alpha value is -1.52. The van der Waals surface area contributed by atoms with Crippen LogP contribution in [0.25, 0.3) is 0 Å². The smallest absolute Gasteiger partial charge is 0.315 e. The predicted molar refractivity (Wildman–Crippen MR) is 74.6 cm³/mol. The SMILES string of the molecule is NC(=O)N1C[C](CC2CCCCC2)C[C@H]1c1ncco1. The van der Waals surface area contributed by atoms with Crippen LogP contribution in [0, 0.1) is 11.8 Å². The van der Waals surface area contributed by atoms with E-state index in [4.69, 9.17) is 10.2 Å². The number of urea groups is 1. The van der Waals surface area contributed by atoms with E-state index in [0.717, 1.165) is 18.8 Å². The second-order valence-corrected chi connectivity index (χ2v) is 6.01. The van der Waals surface area contributed by atoms with Crippen LogP contribution in [0.4, 0.5) is 4.79 Å². The molecular weight excluding hydrogens is 254 g/mol. The van der Waals surface area contributed by atoms with E-state index in [1.807, 2.05) is 0 Å². The van der Waals surface area contributed by atoms with Gasteiger partial charge in [0.2, 0.25) is 5.89 Å². The molecule has 2 N–H and O–H groups in total. The van der Waals surface area contributed by atoms with Crippen LogP contribution in [0.1, 0.15) is 56.9 Å². The molecule has 2 aliphatic rings. The van der Waals surface area contributed by atoms with E-state index in [1.165, 1.54) is 38.0 Å². The van der Waals surface area contributed by atoms with Gasteiger partial charge in [-0.25, -0.2) is 9.78 Å². The summed E-state index contributed by atoms with van der Waals surface area (Å²) in [5, 5.41) is 0. The molecule has 1 aromatic heterocycles. The standard InChI is InChI=1S/C15H22N3O2/c16-15(19)18-10-12(8-11-4-2-1-3-5-11)9-13(18)14-17-6-7-20-14/h6-7,11,13H,1-5,8-10H2,(H2,16,19)/t13-/m0/s1. The van der Waals surface area contributed by atoms with Gasteiger partial charge in [-0.2, -0.15) is 0 Å². The molecule has 5 nitrogen and oxygen atoms in total. The molecule has 2 heterocycles. The summed E-state index contributed by atoms with van der Waals surface area (Å²) in [6, 6.07) is -0.493. The summed E-state index contributed by atoms with van der Waals surface area (Å²) in [6.45, 7) is 0.666. The highest BCUT2D eigenvalue weighted by Crippen LogP contribution is 2.41. The van der Waals surface area contributed by atoms with E-state index in [2.05, 4.69) is 4.98 Å². The molecule has 1 aromatic rings. The molecule has 1 saturated carbocycles. The number of carbonyl (C=O) groups excluding carboxylic acids is 1. The van der Waals surface area contributed by atoms with Crippen molar-refractivity contribution in [3.05, 3.63) is 24.3 Å². The van der Waals surface area contributed by atoms with Crippen LogP contribution in [0.15, 0.2) is 16.9 Å². The molecule has 2 fully saturated rings. The van der Waals surface area contributed by atoms with E-state index in [0.29, 0.717) is 12.4 Å². The average molecular weight is 276 g/mol. The summed E-state index contributed by atoms with van der Waals surface area (Å²) in [5.74, 6) is 2.80. The lowest BCUT2D eigenvalue weighted by molar-refractivity contribution is 0.194. The molecule has 0 spiro atoms. The summed E-state index contributed by atoms with van der Waals surface area (Å²) in [6.07, 6.45) is 11.9. The number of rotatable bonds is 3. The van der Waals surface area contributed by atoms with Crippen molar-refractivity contribution in [1.82, 2.24) is 9.88 Å². The largest absolute Gasteiger partial charge is 0.447 e. The number of primary amides is 1. The summed E-state index contributed by atoms with van der Waals surface area (Å²) in [4.78, 5) is 17.5. The second kappa shape index (κ2) is 5.85. The molecule has 1 saturated heterocycles. The Kier molecular flexibility index (Phi) is 3.94. The fourth-order valence-corrected chi connectivity index (χ4v) is 3.60. The second-order valence-electron chi connectivity index (χ2n) is 6.01. The maximum absolute atomic E-state index is 11.6. The molecule has 0 bridgehead atoms. The average Bonchev–Trinajstić information content (AvgIpc) is 3.08. The van der Waals surface area contributed by atoms with Gasteiger partial charge in [-0.1, -0.05) is 32.1 Å². The lowest BCUT2D eigenvalue weighted by Gasteiger charge is -2.24. The summed E-state index contributed by atoms with van der Waals surface area (Å²) >= 11 is 0. The number of aromatic nitrogens is 1. The highest BCUT2D eigenvalue weighted by Gasteiger charge is 2.38. The lowest BCUT2D eigenvalue weighted by atomic mass is 9.82. The number of hydrogen-bond acceptors (Lipinski definition) is 3. The topological polar surface area (TPSA) is 72.4 Å². The first kappa shape index (κ1) is 13.5. The third-order valence-electron chi connectivity index (χ3n) is 4.57. The molecule has 1 atom stereocenters. The van der Waals surface area contributed by atoms with E-state index in [9.17, 15) is 4.79 Å². The van der Waals surface area contributed by atoms with Crippen LogP contribution >= 0.6 is 0 Å². The van der Waals surface area contributed by atoms with Gasteiger partial charge in [0.25, 0.3) is 0 Å². The Morgan fingerprint density at radius 2 is 2.20 bits per heavy atom. The first-order chi connectivity index (χ1) is 9.74. The highest BCUT2D eigenvalue weighted by molar-refractivity contribution is 5.73. The summed E-state index contributed by atoms with van der Waals surface area (Å²) in [5.41, 5.74) is 5.49. The zero-order chi connectivity index (χ0) is 13.9. The van der Waals surface area contributed by atoms with Crippen LogP contribution < -0.4 is 5.73 Å². The maximum Gasteiger partial charge on any atom is 0.315 e. The van der Waals surface area contributed by atoms with Gasteiger partial charge in [0.15, 0.2) is 0 Å². The zero-order valence-electron chi connectivity index (χ0n) is 11.8. The van der Waals surface area contributed by atoms with Crippen molar-refractivity contribution in [3.8, 4) is 0 Å². The molecule has 20 heavy (non-hydrogen) atoms. The maximum atomic E-state index is 11.6. The first-order valence-corrected chi connectivity index (χ1v) is 7.53. The minimum atomic E-state index is -0.383. The predicted octanol–water partition coefficient (Wildman–Crippen LogP) is 3.04. The number of amides is 2. The van der Waals surface area contributed by atoms with Crippen LogP contribution in [0.5, 0.6) is 0 Å². The Morgan fingerprint density at radius 3 is 2.85 bits per heavy atom. The molecule has 5 heteroatoms. The van der Waals surface area contributed by atoms with Gasteiger partial charge >= 0.3 is 6.03 Å². The summed E-state index contributed by atoms with van der Waals surface area (Å²) in [7, 11) is 0. The molecule has 2 amide bonds. The fourth-order valence-electron chi connectivity index (χ4n) is 3.60. The molecule has 1 radical (unpaired) electrons. The third-order valence-corrected chi connectivity index (χ3v) is 4.57. The number of likely N-dealkylation sites (tertiary alicyclic amines) is 1. The minimum Gasteiger partial charge on any atom is -0.447 e. The monoisotopic (exact) mass is 276 g/mol. The third kappa shape index (κ3) is 2.81. The molecule has 109 valence electrons. The number of nitrogens with two attached hydrogens (primary N) is 1. The summed E-state index contributed by atoms with van der Waals surface area (Å²) < 4.78 is 5.36. The van der Waals surface area contributed by atoms with Crippen molar-refractivity contribution in [1.29, 1.82) is 0 Å². The Bertz CT molecular complexity index is 440. The van der Waals surface area contributed by atoms with E-state index in [-0.39, 0.29) is 12.1 Å². The molecule has 1 aliphatic heterocycles. The van der Waals surface area contributed by atoms with Crippen molar-refractivity contribution in [2.75, 3.05) is 6.54 Å². The van der Waals surface area contributed by atoms with Gasteiger partial charge < -0.3 is 15.1 Å². The number of nitrogens with zero attached hydrogens (tertiary/aromatic N) is 2. The Balaban J connectivity index is 1.65. The number of carbonyl (C=O) groups is 1. The first-order valence-electron chi connectivity index (χ1n) is 7.53. The number of hydrogen-bond donors (Lipinski definition) is 1. The Labute approximate surface area is 119 Å². The Morgan fingerprint density at radius 1 is 1.40 bits per heavy atom. The molecule has 3 rings (SSSR count). The van der Waals surface area contributed by atoms with E-state index >= 15 is 0 Å². The van der Waals surface area contributed by atoms with Gasteiger partial charge in [-0.05, 0) is 24.7 Å². The van der Waals surface area contributed by atoms with Gasteiger partial charge in [-0.15, -0.1) is 0 Å². The van der Waals surface area contributed by atoms with Crippen molar-refractivity contribution in [2.45, 2.75) is 51.0 Å². The van der Waals surface area contributed by atoms with Gasteiger partial charge in [-0.3, -0.25) is 0 Å². The van der Waals surface area contributed by atoms with Crippen LogP contribution in [-0.2, 0) is 0 Å². The van der Waals surface area contributed by atoms with Crippen LogP contribution in [0.2, 0.25) is 0 Å². The van der Waals surface area contributed by atoms with Crippen molar-refractivity contribution in [2.24, 2.45) is 11.7 Å². The number of oxazole rings is 1. The minimum absolute atomic E-state index is 0.110. The van der Waals surface area contributed by atoms with Gasteiger partial charge in [0, 0.05) is 6.54 Å². The van der Waals surface area contributed by atoms with Crippen molar-refractivity contribution < 1.29 is 9.21 Å². The highest BCUT2D eigenvalue weighted by atomic mass is 16.3. The van der Waals surface area contributed by atoms with Crippen LogP contribution in [-0.4, -0.2) is 22.5 Å². The van der Waals surface area contributed by atoms with Gasteiger partial charge in [0.1, 0.15) is 12.3 Å². The lowest BCUT2D eigenvalue weighted by Crippen LogP contribution is -2.35. The van der Waals surface area contributed by atoms with Gasteiger partial charge in [0.05, 0.1) is 6.20 Å². The zero-order valence-corrected chi connectivity index (χ0v) is 11.8.